The van der Waals surface area contributed by atoms with Crippen LogP contribution in [-0.4, -0.2) is 0 Å². The van der Waals surface area contributed by atoms with E-state index in [1.165, 1.54) is 16.7 Å². The molecule has 1 aromatic carbocycles. The fraction of sp³-hybridized carbons (Fsp3) is 0.538. The van der Waals surface area contributed by atoms with Crippen LogP contribution in [0.4, 0.5) is 0 Å². The van der Waals surface area contributed by atoms with E-state index < -0.39 is 0 Å². The van der Waals surface area contributed by atoms with Crippen molar-refractivity contribution >= 4 is 0 Å². The molecule has 0 amide bonds. The highest BCUT2D eigenvalue weighted by Crippen LogP contribution is 2.26. The summed E-state index contributed by atoms with van der Waals surface area (Å²) in [4.78, 5) is 0. The molecule has 1 aromatic rings. The van der Waals surface area contributed by atoms with Gasteiger partial charge in [-0.2, -0.15) is 0 Å². The molecule has 0 bridgehead atoms. The van der Waals surface area contributed by atoms with Gasteiger partial charge in [-0.05, 0) is 30.9 Å². The van der Waals surface area contributed by atoms with Gasteiger partial charge in [-0.1, -0.05) is 44.0 Å². The summed E-state index contributed by atoms with van der Waals surface area (Å²) in [7, 11) is 0. The van der Waals surface area contributed by atoms with Gasteiger partial charge in [0.1, 0.15) is 0 Å². The predicted octanol–water partition coefficient (Wildman–Crippen LogP) is 2.85. The first-order valence-electron chi connectivity index (χ1n) is 5.63. The highest BCUT2D eigenvalue weighted by Gasteiger charge is 2.17. The van der Waals surface area contributed by atoms with Gasteiger partial charge < -0.3 is 0 Å². The maximum atomic E-state index is 5.64. The highest BCUT2D eigenvalue weighted by atomic mass is 15.2. The van der Waals surface area contributed by atoms with E-state index in [0.29, 0.717) is 5.92 Å². The van der Waals surface area contributed by atoms with Gasteiger partial charge in [0.05, 0.1) is 0 Å². The molecule has 0 radical (unpaired) electrons. The Morgan fingerprint density at radius 2 is 2.00 bits per heavy atom. The Bertz CT molecular complexity index is 320. The number of benzene rings is 1. The van der Waals surface area contributed by atoms with Crippen LogP contribution in [0.1, 0.15) is 43.0 Å². The second kappa shape index (κ2) is 5.29. The van der Waals surface area contributed by atoms with Gasteiger partial charge in [-0.15, -0.1) is 0 Å². The van der Waals surface area contributed by atoms with E-state index in [-0.39, 0.29) is 6.04 Å². The first kappa shape index (κ1) is 12.2. The Hall–Kier alpha value is -0.860. The van der Waals surface area contributed by atoms with Crippen LogP contribution in [0.2, 0.25) is 0 Å². The van der Waals surface area contributed by atoms with Crippen LogP contribution in [0.25, 0.3) is 0 Å². The van der Waals surface area contributed by atoms with Crippen molar-refractivity contribution in [3.8, 4) is 0 Å². The summed E-state index contributed by atoms with van der Waals surface area (Å²) in [5, 5.41) is 0. The number of hydrogen-bond acceptors (Lipinski definition) is 2. The molecule has 0 aliphatic carbocycles. The normalized spacial score (nSPS) is 15.0. The topological polar surface area (TPSA) is 38.0 Å². The van der Waals surface area contributed by atoms with Crippen LogP contribution < -0.4 is 11.3 Å². The zero-order valence-corrected chi connectivity index (χ0v) is 10.2. The van der Waals surface area contributed by atoms with Gasteiger partial charge in [-0.25, -0.2) is 0 Å². The molecule has 0 saturated carbocycles. The second-order valence-electron chi connectivity index (χ2n) is 4.39. The summed E-state index contributed by atoms with van der Waals surface area (Å²) < 4.78 is 0. The van der Waals surface area contributed by atoms with Crippen LogP contribution in [0.15, 0.2) is 18.2 Å². The highest BCUT2D eigenvalue weighted by molar-refractivity contribution is 5.33. The van der Waals surface area contributed by atoms with Crippen molar-refractivity contribution in [2.24, 2.45) is 11.8 Å². The molecule has 2 unspecified atom stereocenters. The molecule has 0 aliphatic heterocycles. The Labute approximate surface area is 92.8 Å². The minimum absolute atomic E-state index is 0.260. The predicted molar refractivity (Wildman–Crippen MR) is 65.4 cm³/mol. The first-order chi connectivity index (χ1) is 7.10. The van der Waals surface area contributed by atoms with E-state index in [9.17, 15) is 0 Å². The molecule has 3 N–H and O–H groups in total. The maximum absolute atomic E-state index is 5.64. The zero-order valence-electron chi connectivity index (χ0n) is 10.2. The Morgan fingerprint density at radius 1 is 1.33 bits per heavy atom. The molecule has 15 heavy (non-hydrogen) atoms. The average molecular weight is 206 g/mol. The van der Waals surface area contributed by atoms with E-state index in [0.717, 1.165) is 6.42 Å². The third-order valence-electron chi connectivity index (χ3n) is 3.15. The molecule has 0 spiro atoms. The summed E-state index contributed by atoms with van der Waals surface area (Å²) in [5.74, 6) is 6.19. The van der Waals surface area contributed by atoms with Crippen LogP contribution in [0, 0.1) is 19.8 Å². The molecule has 84 valence electrons. The van der Waals surface area contributed by atoms with Crippen molar-refractivity contribution in [3.05, 3.63) is 34.9 Å². The summed E-state index contributed by atoms with van der Waals surface area (Å²) >= 11 is 0. The number of nitrogens with two attached hydrogens (primary N) is 1. The smallest absolute Gasteiger partial charge is 0.0488 e. The number of hydrazine groups is 1. The zero-order chi connectivity index (χ0) is 11.4. The number of aryl methyl sites for hydroxylation is 2. The van der Waals surface area contributed by atoms with Gasteiger partial charge in [0.25, 0.3) is 0 Å². The Balaban J connectivity index is 3.01. The van der Waals surface area contributed by atoms with E-state index >= 15 is 0 Å². The molecule has 0 aliphatic rings. The molecule has 2 atom stereocenters. The molecule has 2 nitrogen and oxygen atoms in total. The fourth-order valence-electron chi connectivity index (χ4n) is 1.97. The summed E-state index contributed by atoms with van der Waals surface area (Å²) in [6.07, 6.45) is 1.13. The van der Waals surface area contributed by atoms with Crippen molar-refractivity contribution in [1.29, 1.82) is 0 Å². The Morgan fingerprint density at radius 3 is 2.47 bits per heavy atom. The lowest BCUT2D eigenvalue weighted by atomic mass is 9.90. The minimum Gasteiger partial charge on any atom is -0.271 e. The van der Waals surface area contributed by atoms with E-state index in [2.05, 4.69) is 51.3 Å². The van der Waals surface area contributed by atoms with Crippen LogP contribution in [0.5, 0.6) is 0 Å². The monoisotopic (exact) mass is 206 g/mol. The van der Waals surface area contributed by atoms with Crippen molar-refractivity contribution in [3.63, 3.8) is 0 Å². The van der Waals surface area contributed by atoms with Gasteiger partial charge in [0.2, 0.25) is 0 Å². The third kappa shape index (κ3) is 2.80. The number of rotatable bonds is 4. The van der Waals surface area contributed by atoms with Crippen LogP contribution >= 0.6 is 0 Å². The van der Waals surface area contributed by atoms with Crippen LogP contribution in [-0.2, 0) is 0 Å². The van der Waals surface area contributed by atoms with E-state index in [4.69, 9.17) is 5.84 Å². The van der Waals surface area contributed by atoms with Gasteiger partial charge in [0, 0.05) is 6.04 Å². The summed E-state index contributed by atoms with van der Waals surface area (Å²) in [5.41, 5.74) is 6.87. The molecule has 0 fully saturated rings. The van der Waals surface area contributed by atoms with Gasteiger partial charge in [0.15, 0.2) is 0 Å². The largest absolute Gasteiger partial charge is 0.271 e. The SMILES string of the molecule is CCC(C)C(NN)c1ccc(C)cc1C. The third-order valence-corrected chi connectivity index (χ3v) is 3.15. The number of hydrogen-bond donors (Lipinski definition) is 2. The molecular weight excluding hydrogens is 184 g/mol. The second-order valence-corrected chi connectivity index (χ2v) is 4.39. The van der Waals surface area contributed by atoms with Gasteiger partial charge >= 0.3 is 0 Å². The molecule has 0 aromatic heterocycles. The van der Waals surface area contributed by atoms with Crippen molar-refractivity contribution in [2.75, 3.05) is 0 Å². The lowest BCUT2D eigenvalue weighted by Crippen LogP contribution is -2.32. The average Bonchev–Trinajstić information content (AvgIpc) is 2.21. The minimum atomic E-state index is 0.260. The lowest BCUT2D eigenvalue weighted by Gasteiger charge is -2.24. The van der Waals surface area contributed by atoms with Crippen molar-refractivity contribution in [2.45, 2.75) is 40.2 Å². The quantitative estimate of drug-likeness (QED) is 0.587. The van der Waals surface area contributed by atoms with E-state index in [1.807, 2.05) is 0 Å². The molecule has 0 heterocycles. The molecule has 1 rings (SSSR count). The van der Waals surface area contributed by atoms with Gasteiger partial charge in [-0.3, -0.25) is 11.3 Å². The van der Waals surface area contributed by atoms with Crippen molar-refractivity contribution in [1.82, 2.24) is 5.43 Å². The van der Waals surface area contributed by atoms with Crippen molar-refractivity contribution < 1.29 is 0 Å². The number of nitrogens with one attached hydrogen (secondary N) is 1. The Kier molecular flexibility index (Phi) is 4.30. The maximum Gasteiger partial charge on any atom is 0.0488 e. The van der Waals surface area contributed by atoms with Crippen LogP contribution in [0.3, 0.4) is 0 Å². The summed E-state index contributed by atoms with van der Waals surface area (Å²) in [6, 6.07) is 6.80. The fourth-order valence-corrected chi connectivity index (χ4v) is 1.97. The molecule has 0 saturated heterocycles. The first-order valence-corrected chi connectivity index (χ1v) is 5.63. The molecule has 2 heteroatoms. The van der Waals surface area contributed by atoms with E-state index in [1.54, 1.807) is 0 Å². The summed E-state index contributed by atoms with van der Waals surface area (Å²) in [6.45, 7) is 8.68. The lowest BCUT2D eigenvalue weighted by molar-refractivity contribution is 0.381. The molecular formula is C13H22N2. The standard InChI is InChI=1S/C13H22N2/c1-5-10(3)13(15-14)12-7-6-9(2)8-11(12)4/h6-8,10,13,15H,5,14H2,1-4H3.